The van der Waals surface area contributed by atoms with Crippen LogP contribution in [0.5, 0.6) is 0 Å². The van der Waals surface area contributed by atoms with Gasteiger partial charge in [-0.1, -0.05) is 12.1 Å². The Labute approximate surface area is 154 Å². The van der Waals surface area contributed by atoms with Crippen LogP contribution < -0.4 is 10.6 Å². The molecule has 5 nitrogen and oxygen atoms in total. The van der Waals surface area contributed by atoms with Gasteiger partial charge in [-0.15, -0.1) is 11.8 Å². The van der Waals surface area contributed by atoms with Gasteiger partial charge in [0.05, 0.1) is 24.5 Å². The molecule has 26 heavy (non-hydrogen) atoms. The van der Waals surface area contributed by atoms with Crippen molar-refractivity contribution in [2.45, 2.75) is 4.90 Å². The molecular formula is C18H19F2N3O2S. The molecule has 2 aromatic carbocycles. The number of anilines is 2. The maximum atomic E-state index is 13.5. The van der Waals surface area contributed by atoms with Gasteiger partial charge in [-0.2, -0.15) is 0 Å². The summed E-state index contributed by atoms with van der Waals surface area (Å²) in [5, 5.41) is 5.08. The second-order valence-electron chi connectivity index (χ2n) is 5.59. The van der Waals surface area contributed by atoms with Gasteiger partial charge in [0.25, 0.3) is 0 Å². The maximum absolute atomic E-state index is 13.5. The van der Waals surface area contributed by atoms with Gasteiger partial charge in [-0.25, -0.2) is 8.78 Å². The number of likely N-dealkylation sites (N-methyl/N-ethyl adjacent to an activating group) is 1. The average molecular weight is 379 g/mol. The van der Waals surface area contributed by atoms with Crippen LogP contribution in [0.2, 0.25) is 0 Å². The summed E-state index contributed by atoms with van der Waals surface area (Å²) in [4.78, 5) is 26.5. The first-order valence-corrected chi connectivity index (χ1v) is 8.98. The highest BCUT2D eigenvalue weighted by Crippen LogP contribution is 2.24. The molecule has 0 fully saturated rings. The van der Waals surface area contributed by atoms with Gasteiger partial charge in [-0.05, 0) is 37.6 Å². The minimum Gasteiger partial charge on any atom is -0.324 e. The number of amides is 2. The topological polar surface area (TPSA) is 61.4 Å². The van der Waals surface area contributed by atoms with Gasteiger partial charge in [0.1, 0.15) is 11.6 Å². The Kier molecular flexibility index (Phi) is 7.11. The summed E-state index contributed by atoms with van der Waals surface area (Å²) in [7, 11) is 1.58. The van der Waals surface area contributed by atoms with Gasteiger partial charge < -0.3 is 10.6 Å². The Balaban J connectivity index is 1.87. The lowest BCUT2D eigenvalue weighted by Gasteiger charge is -2.17. The molecule has 0 aromatic heterocycles. The third kappa shape index (κ3) is 5.82. The molecule has 0 aliphatic heterocycles. The van der Waals surface area contributed by atoms with Crippen molar-refractivity contribution in [3.63, 3.8) is 0 Å². The number of halogens is 2. The Hall–Kier alpha value is -2.45. The van der Waals surface area contributed by atoms with Gasteiger partial charge in [0.2, 0.25) is 11.8 Å². The zero-order valence-electron chi connectivity index (χ0n) is 14.4. The lowest BCUT2D eigenvalue weighted by Crippen LogP contribution is -2.36. The summed E-state index contributed by atoms with van der Waals surface area (Å²) in [5.41, 5.74) is 0.464. The lowest BCUT2D eigenvalue weighted by atomic mass is 10.3. The number of carbonyl (C=O) groups is 2. The van der Waals surface area contributed by atoms with Gasteiger partial charge in [0, 0.05) is 11.0 Å². The Morgan fingerprint density at radius 1 is 1.00 bits per heavy atom. The highest BCUT2D eigenvalue weighted by molar-refractivity contribution is 7.98. The normalized spacial score (nSPS) is 10.7. The van der Waals surface area contributed by atoms with E-state index in [1.165, 1.54) is 16.7 Å². The molecule has 8 heteroatoms. The number of nitrogens with zero attached hydrogens (tertiary/aromatic N) is 1. The summed E-state index contributed by atoms with van der Waals surface area (Å²) in [6.45, 7) is -0.171. The van der Waals surface area contributed by atoms with Crippen LogP contribution >= 0.6 is 11.8 Å². The van der Waals surface area contributed by atoms with E-state index in [4.69, 9.17) is 0 Å². The molecule has 0 spiro atoms. The maximum Gasteiger partial charge on any atom is 0.238 e. The van der Waals surface area contributed by atoms with Crippen LogP contribution in [0, 0.1) is 11.6 Å². The van der Waals surface area contributed by atoms with Crippen molar-refractivity contribution in [3.8, 4) is 0 Å². The standard InChI is InChI=1S/C18H19F2N3O2S/c1-23(10-17(24)21-14-5-3-4-6-16(14)26-2)11-18(25)22-15-9-12(19)7-8-13(15)20/h3-9H,10-11H2,1-2H3,(H,21,24)(H,22,25). The van der Waals surface area contributed by atoms with Crippen molar-refractivity contribution in [2.24, 2.45) is 0 Å². The first-order valence-electron chi connectivity index (χ1n) is 7.75. The van der Waals surface area contributed by atoms with Gasteiger partial charge in [0.15, 0.2) is 0 Å². The quantitative estimate of drug-likeness (QED) is 0.726. The van der Waals surface area contributed by atoms with Crippen LogP contribution in [0.15, 0.2) is 47.4 Å². The highest BCUT2D eigenvalue weighted by Gasteiger charge is 2.14. The first-order chi connectivity index (χ1) is 12.4. The molecule has 0 unspecified atom stereocenters. The number of carbonyl (C=O) groups excluding carboxylic acids is 2. The molecule has 138 valence electrons. The number of hydrogen-bond donors (Lipinski definition) is 2. The summed E-state index contributed by atoms with van der Waals surface area (Å²) < 4.78 is 26.6. The van der Waals surface area contributed by atoms with Gasteiger partial charge >= 0.3 is 0 Å². The summed E-state index contributed by atoms with van der Waals surface area (Å²) in [6, 6.07) is 10.2. The van der Waals surface area contributed by atoms with E-state index < -0.39 is 17.5 Å². The van der Waals surface area contributed by atoms with Gasteiger partial charge in [-0.3, -0.25) is 14.5 Å². The lowest BCUT2D eigenvalue weighted by molar-refractivity contribution is -0.119. The van der Waals surface area contributed by atoms with Crippen molar-refractivity contribution in [1.82, 2.24) is 4.90 Å². The van der Waals surface area contributed by atoms with Crippen molar-refractivity contribution >= 4 is 35.0 Å². The molecule has 0 aliphatic rings. The second-order valence-corrected chi connectivity index (χ2v) is 6.44. The van der Waals surface area contributed by atoms with E-state index in [9.17, 15) is 18.4 Å². The smallest absolute Gasteiger partial charge is 0.238 e. The highest BCUT2D eigenvalue weighted by atomic mass is 32.2. The minimum absolute atomic E-state index is 0.0260. The van der Waals surface area contributed by atoms with E-state index in [1.54, 1.807) is 13.1 Å². The molecule has 2 N–H and O–H groups in total. The first kappa shape index (κ1) is 19.9. The Morgan fingerprint density at radius 2 is 1.62 bits per heavy atom. The number of rotatable bonds is 7. The molecule has 0 bridgehead atoms. The molecular weight excluding hydrogens is 360 g/mol. The van der Waals surface area contributed by atoms with Crippen LogP contribution in [0.3, 0.4) is 0 Å². The van der Waals surface area contributed by atoms with Crippen LogP contribution in [0.25, 0.3) is 0 Å². The van der Waals surface area contributed by atoms with E-state index >= 15 is 0 Å². The van der Waals surface area contributed by atoms with Crippen LogP contribution in [0.4, 0.5) is 20.2 Å². The Morgan fingerprint density at radius 3 is 2.27 bits per heavy atom. The van der Waals surface area contributed by atoms with E-state index in [-0.39, 0.29) is 24.7 Å². The number of nitrogens with one attached hydrogen (secondary N) is 2. The second kappa shape index (κ2) is 9.30. The van der Waals surface area contributed by atoms with Crippen LogP contribution in [-0.2, 0) is 9.59 Å². The van der Waals surface area contributed by atoms with E-state index in [0.717, 1.165) is 23.1 Å². The zero-order valence-corrected chi connectivity index (χ0v) is 15.2. The third-order valence-corrected chi connectivity index (χ3v) is 4.21. The number of para-hydroxylation sites is 1. The molecule has 2 aromatic rings. The number of thioether (sulfide) groups is 1. The van der Waals surface area contributed by atoms with Crippen molar-refractivity contribution in [2.75, 3.05) is 37.0 Å². The fourth-order valence-corrected chi connectivity index (χ4v) is 2.82. The predicted octanol–water partition coefficient (Wildman–Crippen LogP) is 3.20. The van der Waals surface area contributed by atoms with Crippen molar-refractivity contribution in [3.05, 3.63) is 54.1 Å². The molecule has 2 amide bonds. The number of benzene rings is 2. The van der Waals surface area contributed by atoms with E-state index in [2.05, 4.69) is 10.6 Å². The fraction of sp³-hybridized carbons (Fsp3) is 0.222. The SMILES string of the molecule is CSc1ccccc1NC(=O)CN(C)CC(=O)Nc1cc(F)ccc1F. The molecule has 0 saturated heterocycles. The number of hydrogen-bond acceptors (Lipinski definition) is 4. The fourth-order valence-electron chi connectivity index (χ4n) is 2.27. The Bertz CT molecular complexity index is 802. The molecule has 0 atom stereocenters. The van der Waals surface area contributed by atoms with Crippen molar-refractivity contribution < 1.29 is 18.4 Å². The summed E-state index contributed by atoms with van der Waals surface area (Å²) in [6.07, 6.45) is 1.91. The molecule has 0 heterocycles. The molecule has 0 aliphatic carbocycles. The molecule has 2 rings (SSSR count). The molecule has 0 saturated carbocycles. The summed E-state index contributed by atoms with van der Waals surface area (Å²) in [5.74, 6) is -2.20. The molecule has 0 radical (unpaired) electrons. The monoisotopic (exact) mass is 379 g/mol. The van der Waals surface area contributed by atoms with E-state index in [1.807, 2.05) is 24.5 Å². The average Bonchev–Trinajstić information content (AvgIpc) is 2.58. The predicted molar refractivity (Wildman–Crippen MR) is 99.3 cm³/mol. The summed E-state index contributed by atoms with van der Waals surface area (Å²) >= 11 is 1.51. The minimum atomic E-state index is -0.728. The largest absolute Gasteiger partial charge is 0.324 e. The van der Waals surface area contributed by atoms with Crippen LogP contribution in [0.1, 0.15) is 0 Å². The zero-order chi connectivity index (χ0) is 19.1. The third-order valence-electron chi connectivity index (χ3n) is 3.41. The van der Waals surface area contributed by atoms with Crippen molar-refractivity contribution in [1.29, 1.82) is 0 Å². The van der Waals surface area contributed by atoms with E-state index in [0.29, 0.717) is 5.69 Å². The van der Waals surface area contributed by atoms with Crippen LogP contribution in [-0.4, -0.2) is 43.1 Å².